The molecule has 106 valence electrons. The number of nitrogens with zero attached hydrogens (tertiary/aromatic N) is 1. The second-order valence-electron chi connectivity index (χ2n) is 5.10. The second-order valence-corrected chi connectivity index (χ2v) is 5.54. The van der Waals surface area contributed by atoms with E-state index in [0.29, 0.717) is 17.1 Å². The molecule has 0 saturated carbocycles. The van der Waals surface area contributed by atoms with Gasteiger partial charge in [-0.15, -0.1) is 0 Å². The Labute approximate surface area is 129 Å². The summed E-state index contributed by atoms with van der Waals surface area (Å²) in [6.07, 6.45) is 3.04. The first-order chi connectivity index (χ1) is 10.2. The number of hydrogen-bond acceptors (Lipinski definition) is 1. The fourth-order valence-electron chi connectivity index (χ4n) is 2.54. The first-order valence-corrected chi connectivity index (χ1v) is 7.41. The van der Waals surface area contributed by atoms with Crippen LogP contribution in [-0.2, 0) is 0 Å². The van der Waals surface area contributed by atoms with E-state index in [0.717, 1.165) is 13.0 Å². The van der Waals surface area contributed by atoms with Crippen molar-refractivity contribution < 1.29 is 4.79 Å². The molecule has 0 atom stereocenters. The Morgan fingerprint density at radius 3 is 2.33 bits per heavy atom. The maximum atomic E-state index is 12.4. The normalized spacial score (nSPS) is 14.7. The molecule has 0 radical (unpaired) electrons. The van der Waals surface area contributed by atoms with Crippen molar-refractivity contribution in [2.75, 3.05) is 13.1 Å². The predicted octanol–water partition coefficient (Wildman–Crippen LogP) is 4.27. The van der Waals surface area contributed by atoms with Crippen LogP contribution in [0.5, 0.6) is 0 Å². The van der Waals surface area contributed by atoms with E-state index in [-0.39, 0.29) is 5.91 Å². The average Bonchev–Trinajstić information content (AvgIpc) is 2.56. The molecule has 2 nitrogen and oxygen atoms in total. The molecule has 0 bridgehead atoms. The van der Waals surface area contributed by atoms with Crippen molar-refractivity contribution >= 4 is 23.1 Å². The fraction of sp³-hybridized carbons (Fsp3) is 0.167. The monoisotopic (exact) mass is 297 g/mol. The van der Waals surface area contributed by atoms with Crippen LogP contribution in [0, 0.1) is 0 Å². The van der Waals surface area contributed by atoms with E-state index in [1.54, 1.807) is 24.3 Å². The topological polar surface area (TPSA) is 20.3 Å². The third-order valence-corrected chi connectivity index (χ3v) is 3.98. The van der Waals surface area contributed by atoms with E-state index in [9.17, 15) is 4.79 Å². The Kier molecular flexibility index (Phi) is 4.07. The molecule has 21 heavy (non-hydrogen) atoms. The minimum atomic E-state index is 0.0648. The number of benzene rings is 2. The molecule has 1 aliphatic rings. The average molecular weight is 298 g/mol. The molecule has 0 aromatic heterocycles. The minimum absolute atomic E-state index is 0.0648. The molecule has 2 aromatic rings. The zero-order valence-electron chi connectivity index (χ0n) is 11.6. The van der Waals surface area contributed by atoms with Crippen molar-refractivity contribution in [3.63, 3.8) is 0 Å². The van der Waals surface area contributed by atoms with Crippen LogP contribution in [0.15, 0.2) is 60.7 Å². The zero-order valence-corrected chi connectivity index (χ0v) is 12.4. The van der Waals surface area contributed by atoms with Crippen LogP contribution >= 0.6 is 11.6 Å². The number of rotatable bonds is 2. The van der Waals surface area contributed by atoms with Crippen molar-refractivity contribution in [1.29, 1.82) is 0 Å². The van der Waals surface area contributed by atoms with E-state index < -0.39 is 0 Å². The van der Waals surface area contributed by atoms with Gasteiger partial charge in [-0.1, -0.05) is 48.0 Å². The number of hydrogen-bond donors (Lipinski definition) is 0. The third kappa shape index (κ3) is 3.17. The maximum absolute atomic E-state index is 12.4. The van der Waals surface area contributed by atoms with Gasteiger partial charge in [-0.25, -0.2) is 0 Å². The lowest BCUT2D eigenvalue weighted by Crippen LogP contribution is -2.34. The first-order valence-electron chi connectivity index (χ1n) is 7.03. The van der Waals surface area contributed by atoms with Crippen molar-refractivity contribution in [2.45, 2.75) is 6.42 Å². The van der Waals surface area contributed by atoms with E-state index in [4.69, 9.17) is 11.6 Å². The van der Waals surface area contributed by atoms with Crippen LogP contribution in [0.3, 0.4) is 0 Å². The van der Waals surface area contributed by atoms with Gasteiger partial charge in [0.25, 0.3) is 5.91 Å². The minimum Gasteiger partial charge on any atom is -0.335 e. The summed E-state index contributed by atoms with van der Waals surface area (Å²) >= 11 is 5.85. The molecule has 3 heteroatoms. The van der Waals surface area contributed by atoms with Gasteiger partial charge in [-0.05, 0) is 41.8 Å². The second kappa shape index (κ2) is 6.15. The molecule has 0 aliphatic carbocycles. The Morgan fingerprint density at radius 2 is 1.71 bits per heavy atom. The smallest absolute Gasteiger partial charge is 0.254 e. The molecular formula is C18H16ClNO. The Hall–Kier alpha value is -2.06. The highest BCUT2D eigenvalue weighted by Crippen LogP contribution is 2.23. The summed E-state index contributed by atoms with van der Waals surface area (Å²) in [6, 6.07) is 17.4. The molecule has 0 fully saturated rings. The van der Waals surface area contributed by atoms with Crippen LogP contribution < -0.4 is 0 Å². The lowest BCUT2D eigenvalue weighted by atomic mass is 9.99. The van der Waals surface area contributed by atoms with Crippen LogP contribution in [0.2, 0.25) is 5.02 Å². The standard InChI is InChI=1S/C18H16ClNO/c19-17-8-6-16(7-9-17)18(21)20-12-10-15(11-13-20)14-4-2-1-3-5-14/h1-10H,11-13H2. The Balaban J connectivity index is 1.72. The van der Waals surface area contributed by atoms with Gasteiger partial charge in [0.2, 0.25) is 0 Å². The highest BCUT2D eigenvalue weighted by molar-refractivity contribution is 6.30. The van der Waals surface area contributed by atoms with E-state index in [2.05, 4.69) is 18.2 Å². The van der Waals surface area contributed by atoms with Gasteiger partial charge >= 0.3 is 0 Å². The maximum Gasteiger partial charge on any atom is 0.254 e. The van der Waals surface area contributed by atoms with Gasteiger partial charge in [0.05, 0.1) is 0 Å². The predicted molar refractivity (Wildman–Crippen MR) is 86.4 cm³/mol. The molecule has 2 aromatic carbocycles. The van der Waals surface area contributed by atoms with E-state index in [1.165, 1.54) is 11.1 Å². The lowest BCUT2D eigenvalue weighted by molar-refractivity contribution is 0.0773. The van der Waals surface area contributed by atoms with Crippen LogP contribution in [0.4, 0.5) is 0 Å². The molecule has 0 unspecified atom stereocenters. The first kappa shape index (κ1) is 13.9. The van der Waals surface area contributed by atoms with Crippen molar-refractivity contribution in [3.8, 4) is 0 Å². The van der Waals surface area contributed by atoms with Gasteiger partial charge in [0, 0.05) is 23.7 Å². The summed E-state index contributed by atoms with van der Waals surface area (Å²) in [4.78, 5) is 14.3. The molecule has 1 heterocycles. The van der Waals surface area contributed by atoms with E-state index in [1.807, 2.05) is 23.1 Å². The summed E-state index contributed by atoms with van der Waals surface area (Å²) in [5.41, 5.74) is 3.25. The number of carbonyl (C=O) groups is 1. The molecule has 1 aliphatic heterocycles. The Morgan fingerprint density at radius 1 is 1.00 bits per heavy atom. The van der Waals surface area contributed by atoms with Gasteiger partial charge in [0.1, 0.15) is 0 Å². The SMILES string of the molecule is O=C(c1ccc(Cl)cc1)N1CC=C(c2ccccc2)CC1. The molecule has 0 saturated heterocycles. The summed E-state index contributed by atoms with van der Waals surface area (Å²) in [6.45, 7) is 1.41. The fourth-order valence-corrected chi connectivity index (χ4v) is 2.67. The number of halogens is 1. The van der Waals surface area contributed by atoms with Gasteiger partial charge in [-0.3, -0.25) is 4.79 Å². The van der Waals surface area contributed by atoms with Crippen molar-refractivity contribution in [3.05, 3.63) is 76.8 Å². The van der Waals surface area contributed by atoms with Gasteiger partial charge in [0.15, 0.2) is 0 Å². The molecular weight excluding hydrogens is 282 g/mol. The molecule has 3 rings (SSSR count). The van der Waals surface area contributed by atoms with Gasteiger partial charge < -0.3 is 4.90 Å². The summed E-state index contributed by atoms with van der Waals surface area (Å²) in [5.74, 6) is 0.0648. The zero-order chi connectivity index (χ0) is 14.7. The summed E-state index contributed by atoms with van der Waals surface area (Å²) < 4.78 is 0. The number of carbonyl (C=O) groups excluding carboxylic acids is 1. The molecule has 0 N–H and O–H groups in total. The number of amides is 1. The van der Waals surface area contributed by atoms with Crippen LogP contribution in [0.1, 0.15) is 22.3 Å². The van der Waals surface area contributed by atoms with Crippen LogP contribution in [-0.4, -0.2) is 23.9 Å². The molecule has 1 amide bonds. The van der Waals surface area contributed by atoms with Gasteiger partial charge in [-0.2, -0.15) is 0 Å². The lowest BCUT2D eigenvalue weighted by Gasteiger charge is -2.26. The highest BCUT2D eigenvalue weighted by Gasteiger charge is 2.19. The van der Waals surface area contributed by atoms with E-state index >= 15 is 0 Å². The van der Waals surface area contributed by atoms with Crippen LogP contribution in [0.25, 0.3) is 5.57 Å². The summed E-state index contributed by atoms with van der Waals surface area (Å²) in [5, 5.41) is 0.649. The highest BCUT2D eigenvalue weighted by atomic mass is 35.5. The largest absolute Gasteiger partial charge is 0.335 e. The Bertz CT molecular complexity index is 661. The van der Waals surface area contributed by atoms with Crippen molar-refractivity contribution in [1.82, 2.24) is 4.90 Å². The quantitative estimate of drug-likeness (QED) is 0.810. The molecule has 0 spiro atoms. The van der Waals surface area contributed by atoms with Crippen molar-refractivity contribution in [2.24, 2.45) is 0 Å². The summed E-state index contributed by atoms with van der Waals surface area (Å²) in [7, 11) is 0. The third-order valence-electron chi connectivity index (χ3n) is 3.73.